The lowest BCUT2D eigenvalue weighted by molar-refractivity contribution is 0.246. The molecule has 1 aliphatic rings. The first-order valence-electron chi connectivity index (χ1n) is 7.08. The maximum Gasteiger partial charge on any atom is 0.161 e. The van der Waals surface area contributed by atoms with E-state index in [0.29, 0.717) is 6.54 Å². The van der Waals surface area contributed by atoms with Crippen molar-refractivity contribution in [2.45, 2.75) is 38.0 Å². The summed E-state index contributed by atoms with van der Waals surface area (Å²) in [4.78, 5) is 0. The lowest BCUT2D eigenvalue weighted by Gasteiger charge is -2.39. The van der Waals surface area contributed by atoms with Gasteiger partial charge in [-0.15, -0.1) is 0 Å². The SMILES string of the molecule is COc1ccc(C2(CN)CCC(C)CC2)cc1OC. The van der Waals surface area contributed by atoms with E-state index in [1.54, 1.807) is 14.2 Å². The summed E-state index contributed by atoms with van der Waals surface area (Å²) < 4.78 is 10.7. The monoisotopic (exact) mass is 263 g/mol. The van der Waals surface area contributed by atoms with Crippen LogP contribution < -0.4 is 15.2 Å². The van der Waals surface area contributed by atoms with Gasteiger partial charge in [0.05, 0.1) is 14.2 Å². The fourth-order valence-electron chi connectivity index (χ4n) is 3.09. The van der Waals surface area contributed by atoms with E-state index in [2.05, 4.69) is 19.1 Å². The molecule has 1 aliphatic carbocycles. The van der Waals surface area contributed by atoms with Crippen molar-refractivity contribution < 1.29 is 9.47 Å². The molecule has 0 unspecified atom stereocenters. The van der Waals surface area contributed by atoms with Crippen molar-refractivity contribution in [1.29, 1.82) is 0 Å². The lowest BCUT2D eigenvalue weighted by Crippen LogP contribution is -2.38. The van der Waals surface area contributed by atoms with Crippen LogP contribution in [0.25, 0.3) is 0 Å². The largest absolute Gasteiger partial charge is 0.493 e. The van der Waals surface area contributed by atoms with E-state index in [0.717, 1.165) is 17.4 Å². The van der Waals surface area contributed by atoms with Gasteiger partial charge in [0, 0.05) is 12.0 Å². The van der Waals surface area contributed by atoms with Crippen LogP contribution in [0.3, 0.4) is 0 Å². The maximum absolute atomic E-state index is 6.11. The zero-order chi connectivity index (χ0) is 13.9. The fourth-order valence-corrected chi connectivity index (χ4v) is 3.09. The third-order valence-electron chi connectivity index (χ3n) is 4.62. The fraction of sp³-hybridized carbons (Fsp3) is 0.625. The van der Waals surface area contributed by atoms with Crippen molar-refractivity contribution in [2.24, 2.45) is 11.7 Å². The molecule has 19 heavy (non-hydrogen) atoms. The third-order valence-corrected chi connectivity index (χ3v) is 4.62. The van der Waals surface area contributed by atoms with Crippen LogP contribution in [0.2, 0.25) is 0 Å². The molecule has 1 fully saturated rings. The van der Waals surface area contributed by atoms with Gasteiger partial charge in [0.1, 0.15) is 0 Å². The van der Waals surface area contributed by atoms with Crippen LogP contribution in [0.1, 0.15) is 38.2 Å². The van der Waals surface area contributed by atoms with Gasteiger partial charge in [0.25, 0.3) is 0 Å². The van der Waals surface area contributed by atoms with E-state index in [4.69, 9.17) is 15.2 Å². The molecule has 0 heterocycles. The van der Waals surface area contributed by atoms with Crippen molar-refractivity contribution in [3.8, 4) is 11.5 Å². The highest BCUT2D eigenvalue weighted by atomic mass is 16.5. The standard InChI is InChI=1S/C16H25NO2/c1-12-6-8-16(11-17,9-7-12)13-4-5-14(18-2)15(10-13)19-3/h4-5,10,12H,6-9,11,17H2,1-3H3. The second-order valence-electron chi connectivity index (χ2n) is 5.74. The molecule has 1 aromatic carbocycles. The number of hydrogen-bond acceptors (Lipinski definition) is 3. The molecule has 0 bridgehead atoms. The molecular formula is C16H25NO2. The second kappa shape index (κ2) is 5.83. The van der Waals surface area contributed by atoms with Gasteiger partial charge in [-0.25, -0.2) is 0 Å². The Kier molecular flexibility index (Phi) is 4.35. The number of benzene rings is 1. The molecule has 0 amide bonds. The van der Waals surface area contributed by atoms with E-state index >= 15 is 0 Å². The first-order chi connectivity index (χ1) is 9.15. The molecule has 0 spiro atoms. The molecule has 106 valence electrons. The molecule has 0 aliphatic heterocycles. The molecule has 1 aromatic rings. The highest BCUT2D eigenvalue weighted by Gasteiger charge is 2.35. The summed E-state index contributed by atoms with van der Waals surface area (Å²) in [5.74, 6) is 2.40. The molecular weight excluding hydrogens is 238 g/mol. The Hall–Kier alpha value is -1.22. The Morgan fingerprint density at radius 2 is 1.79 bits per heavy atom. The molecule has 0 atom stereocenters. The van der Waals surface area contributed by atoms with Gasteiger partial charge >= 0.3 is 0 Å². The van der Waals surface area contributed by atoms with Crippen LogP contribution in [0.15, 0.2) is 18.2 Å². The molecule has 1 saturated carbocycles. The minimum absolute atomic E-state index is 0.117. The van der Waals surface area contributed by atoms with Crippen LogP contribution in [-0.4, -0.2) is 20.8 Å². The first-order valence-corrected chi connectivity index (χ1v) is 7.08. The van der Waals surface area contributed by atoms with Crippen molar-refractivity contribution in [1.82, 2.24) is 0 Å². The summed E-state index contributed by atoms with van der Waals surface area (Å²) in [6.07, 6.45) is 4.84. The van der Waals surface area contributed by atoms with Gasteiger partial charge in [0.2, 0.25) is 0 Å². The molecule has 2 rings (SSSR count). The number of methoxy groups -OCH3 is 2. The van der Waals surface area contributed by atoms with Crippen LogP contribution in [0.4, 0.5) is 0 Å². The van der Waals surface area contributed by atoms with Gasteiger partial charge in [-0.3, -0.25) is 0 Å². The topological polar surface area (TPSA) is 44.5 Å². The van der Waals surface area contributed by atoms with E-state index in [1.165, 1.54) is 31.2 Å². The van der Waals surface area contributed by atoms with Gasteiger partial charge in [-0.1, -0.05) is 13.0 Å². The average Bonchev–Trinajstić information content (AvgIpc) is 2.47. The summed E-state index contributed by atoms with van der Waals surface area (Å²) in [5.41, 5.74) is 7.51. The van der Waals surface area contributed by atoms with Crippen molar-refractivity contribution >= 4 is 0 Å². The third kappa shape index (κ3) is 2.71. The Morgan fingerprint density at radius 3 is 2.32 bits per heavy atom. The molecule has 0 radical (unpaired) electrons. The lowest BCUT2D eigenvalue weighted by atomic mass is 9.67. The molecule has 0 saturated heterocycles. The van der Waals surface area contributed by atoms with Crippen molar-refractivity contribution in [3.05, 3.63) is 23.8 Å². The first kappa shape index (κ1) is 14.2. The normalized spacial score (nSPS) is 27.1. The minimum Gasteiger partial charge on any atom is -0.493 e. The van der Waals surface area contributed by atoms with Crippen LogP contribution in [0, 0.1) is 5.92 Å². The van der Waals surface area contributed by atoms with Gasteiger partial charge < -0.3 is 15.2 Å². The molecule has 3 nitrogen and oxygen atoms in total. The second-order valence-corrected chi connectivity index (χ2v) is 5.74. The Balaban J connectivity index is 2.33. The highest BCUT2D eigenvalue weighted by molar-refractivity contribution is 5.45. The Morgan fingerprint density at radius 1 is 1.16 bits per heavy atom. The summed E-state index contributed by atoms with van der Waals surface area (Å²) in [7, 11) is 3.35. The molecule has 0 aromatic heterocycles. The summed E-state index contributed by atoms with van der Waals surface area (Å²) in [6.45, 7) is 3.03. The van der Waals surface area contributed by atoms with Gasteiger partial charge in [-0.2, -0.15) is 0 Å². The summed E-state index contributed by atoms with van der Waals surface area (Å²) in [5, 5.41) is 0. The Bertz CT molecular complexity index is 423. The minimum atomic E-state index is 0.117. The molecule has 2 N–H and O–H groups in total. The van der Waals surface area contributed by atoms with E-state index in [-0.39, 0.29) is 5.41 Å². The average molecular weight is 263 g/mol. The van der Waals surface area contributed by atoms with E-state index < -0.39 is 0 Å². The van der Waals surface area contributed by atoms with Crippen molar-refractivity contribution in [3.63, 3.8) is 0 Å². The smallest absolute Gasteiger partial charge is 0.161 e. The zero-order valence-electron chi connectivity index (χ0n) is 12.2. The number of rotatable bonds is 4. The van der Waals surface area contributed by atoms with Crippen LogP contribution in [0.5, 0.6) is 11.5 Å². The number of nitrogens with two attached hydrogens (primary N) is 1. The highest BCUT2D eigenvalue weighted by Crippen LogP contribution is 2.43. The predicted octanol–water partition coefficient (Wildman–Crippen LogP) is 3.11. The van der Waals surface area contributed by atoms with Crippen LogP contribution in [-0.2, 0) is 5.41 Å². The quantitative estimate of drug-likeness (QED) is 0.907. The van der Waals surface area contributed by atoms with Gasteiger partial charge in [0.15, 0.2) is 11.5 Å². The maximum atomic E-state index is 6.11. The summed E-state index contributed by atoms with van der Waals surface area (Å²) in [6, 6.07) is 6.23. The summed E-state index contributed by atoms with van der Waals surface area (Å²) >= 11 is 0. The number of hydrogen-bond donors (Lipinski definition) is 1. The van der Waals surface area contributed by atoms with E-state index in [9.17, 15) is 0 Å². The van der Waals surface area contributed by atoms with E-state index in [1.807, 2.05) is 6.07 Å². The van der Waals surface area contributed by atoms with Crippen LogP contribution >= 0.6 is 0 Å². The zero-order valence-corrected chi connectivity index (χ0v) is 12.2. The molecule has 3 heteroatoms. The Labute approximate surface area is 116 Å². The number of ether oxygens (including phenoxy) is 2. The van der Waals surface area contributed by atoms with Crippen molar-refractivity contribution in [2.75, 3.05) is 20.8 Å². The van der Waals surface area contributed by atoms with Gasteiger partial charge in [-0.05, 0) is 49.3 Å². The predicted molar refractivity (Wildman–Crippen MR) is 77.9 cm³/mol.